The second kappa shape index (κ2) is 33.6. The summed E-state index contributed by atoms with van der Waals surface area (Å²) < 4.78 is 161. The van der Waals surface area contributed by atoms with Crippen LogP contribution in [0.4, 0.5) is 16.2 Å². The van der Waals surface area contributed by atoms with Crippen LogP contribution in [0.2, 0.25) is 0 Å². The van der Waals surface area contributed by atoms with E-state index in [1.54, 1.807) is 53.7 Å². The van der Waals surface area contributed by atoms with Crippen LogP contribution in [0.1, 0.15) is 109 Å². The number of rotatable bonds is 29. The number of amides is 2. The molecule has 0 saturated carbocycles. The van der Waals surface area contributed by atoms with Gasteiger partial charge in [0.25, 0.3) is 0 Å². The molecule has 0 saturated heterocycles. The van der Waals surface area contributed by atoms with E-state index in [0.717, 1.165) is 38.2 Å². The van der Waals surface area contributed by atoms with Crippen molar-refractivity contribution in [3.63, 3.8) is 0 Å². The summed E-state index contributed by atoms with van der Waals surface area (Å²) in [7, 11) is -18.9. The van der Waals surface area contributed by atoms with Gasteiger partial charge in [-0.15, -0.1) is 0 Å². The maximum Gasteiger partial charge on any atom is 1.00 e. The zero-order valence-corrected chi connectivity index (χ0v) is 55.4. The van der Waals surface area contributed by atoms with Gasteiger partial charge in [0, 0.05) is 78.5 Å². The second-order valence-electron chi connectivity index (χ2n) is 19.5. The Morgan fingerprint density at radius 3 is 1.96 bits per heavy atom. The second-order valence-corrected chi connectivity index (χ2v) is 25.3. The third kappa shape index (κ3) is 23.3. The number of nitrogens with one attached hydrogen (secondary N) is 2. The SMILES string of the molecule is CC1(C)C(/C=C/C=C/C=C2/N(CCCS(=O)(=O)[O-])c3ccc(S(=O)(=O)[O-])cc3C2(C)CCCCCC(=O)NCCOCCOCCNC(=O)OC2CC/C=C/CCC2)=[N+](CCCS(=O)(=O)[O-])c2ccc(S(=O)(=O)[O-])cc21.[Na+].[Na+].[Na+]. The van der Waals surface area contributed by atoms with E-state index in [9.17, 15) is 61.5 Å². The van der Waals surface area contributed by atoms with E-state index in [2.05, 4.69) is 22.8 Å². The van der Waals surface area contributed by atoms with Gasteiger partial charge in [-0.25, -0.2) is 38.5 Å². The van der Waals surface area contributed by atoms with Crippen LogP contribution in [0.3, 0.4) is 0 Å². The Morgan fingerprint density at radius 2 is 1.32 bits per heavy atom. The summed E-state index contributed by atoms with van der Waals surface area (Å²) >= 11 is 0. The van der Waals surface area contributed by atoms with Crippen LogP contribution in [0.5, 0.6) is 0 Å². The topological polar surface area (TPSA) is 321 Å². The Balaban J connectivity index is 0.00000711. The maximum absolute atomic E-state index is 12.7. The van der Waals surface area contributed by atoms with Gasteiger partial charge in [-0.1, -0.05) is 43.2 Å². The molecular weight excluding hydrogens is 1140 g/mol. The Kier molecular flexibility index (Phi) is 31.2. The molecule has 2 aromatic rings. The molecule has 3 aliphatic rings. The number of fused-ring (bicyclic) bond motifs is 2. The molecule has 2 aromatic carbocycles. The van der Waals surface area contributed by atoms with Crippen molar-refractivity contribution in [1.82, 2.24) is 10.6 Å². The number of hydrogen-bond donors (Lipinski definition) is 2. The average molecular weight is 1210 g/mol. The molecule has 0 bridgehead atoms. The Bertz CT molecular complexity index is 3010. The molecule has 2 aliphatic heterocycles. The smallest absolute Gasteiger partial charge is 0.748 e. The number of benzene rings is 2. The minimum Gasteiger partial charge on any atom is -0.748 e. The van der Waals surface area contributed by atoms with Crippen molar-refractivity contribution in [2.24, 2.45) is 0 Å². The van der Waals surface area contributed by atoms with Gasteiger partial charge in [0.15, 0.2) is 5.71 Å². The average Bonchev–Trinajstić information content (AvgIpc) is 3.74. The van der Waals surface area contributed by atoms with Gasteiger partial charge in [0.2, 0.25) is 11.6 Å². The Labute approximate surface area is 532 Å². The minimum absolute atomic E-state index is 0. The molecule has 79 heavy (non-hydrogen) atoms. The number of ether oxygens (including phenoxy) is 3. The summed E-state index contributed by atoms with van der Waals surface area (Å²) in [6.45, 7) is 7.25. The van der Waals surface area contributed by atoms with Gasteiger partial charge in [-0.3, -0.25) is 4.79 Å². The molecule has 2 amide bonds. The molecule has 0 fully saturated rings. The first-order chi connectivity index (χ1) is 35.7. The molecule has 2 unspecified atom stereocenters. The van der Waals surface area contributed by atoms with Crippen molar-refractivity contribution in [1.29, 1.82) is 0 Å². The molecule has 0 aromatic heterocycles. The number of nitrogens with zero attached hydrogens (tertiary/aromatic N) is 2. The fourth-order valence-electron chi connectivity index (χ4n) is 9.67. The van der Waals surface area contributed by atoms with E-state index in [1.807, 2.05) is 6.92 Å². The van der Waals surface area contributed by atoms with E-state index in [1.165, 1.54) is 30.3 Å². The van der Waals surface area contributed by atoms with Crippen molar-refractivity contribution in [2.45, 2.75) is 125 Å². The fourth-order valence-corrected chi connectivity index (χ4v) is 11.6. The van der Waals surface area contributed by atoms with E-state index in [-0.39, 0.29) is 159 Å². The quantitative estimate of drug-likeness (QED) is 0.0197. The van der Waals surface area contributed by atoms with Crippen molar-refractivity contribution < 1.29 is 169 Å². The Morgan fingerprint density at radius 1 is 0.709 bits per heavy atom. The summed E-state index contributed by atoms with van der Waals surface area (Å²) in [5, 5.41) is 5.52. The molecule has 2 atom stereocenters. The molecule has 2 N–H and O–H groups in total. The van der Waals surface area contributed by atoms with Gasteiger partial charge >= 0.3 is 94.8 Å². The monoisotopic (exact) mass is 1210 g/mol. The molecular formula is C51H69N4Na3O17S4. The number of carbonyl (C=O) groups is 2. The van der Waals surface area contributed by atoms with Crippen LogP contribution < -0.4 is 104 Å². The summed E-state index contributed by atoms with van der Waals surface area (Å²) in [6.07, 6.45) is 18.8. The molecule has 28 heteroatoms. The van der Waals surface area contributed by atoms with Crippen LogP contribution >= 0.6 is 0 Å². The molecule has 0 radical (unpaired) electrons. The third-order valence-corrected chi connectivity index (χ3v) is 16.7. The van der Waals surface area contributed by atoms with Crippen molar-refractivity contribution in [3.8, 4) is 0 Å². The molecule has 5 rings (SSSR count). The van der Waals surface area contributed by atoms with E-state index in [0.29, 0.717) is 72.7 Å². The molecule has 422 valence electrons. The van der Waals surface area contributed by atoms with Crippen LogP contribution in [0.15, 0.2) is 94.4 Å². The van der Waals surface area contributed by atoms with Crippen LogP contribution in [-0.4, -0.2) is 144 Å². The first kappa shape index (κ1) is 73.3. The van der Waals surface area contributed by atoms with Gasteiger partial charge in [-0.2, -0.15) is 4.58 Å². The van der Waals surface area contributed by atoms with E-state index < -0.39 is 78.7 Å². The van der Waals surface area contributed by atoms with Crippen LogP contribution in [0, 0.1) is 0 Å². The number of allylic oxidation sites excluding steroid dienone is 8. The molecule has 1 aliphatic carbocycles. The number of alkyl carbamates (subject to hydrolysis) is 1. The van der Waals surface area contributed by atoms with E-state index in [4.69, 9.17) is 14.2 Å². The third-order valence-electron chi connectivity index (χ3n) is 13.5. The van der Waals surface area contributed by atoms with Crippen molar-refractivity contribution in [2.75, 3.05) is 69.0 Å². The largest absolute Gasteiger partial charge is 1.00 e. The summed E-state index contributed by atoms with van der Waals surface area (Å²) in [5.41, 5.74) is 1.31. The van der Waals surface area contributed by atoms with Crippen LogP contribution in [0.25, 0.3) is 0 Å². The number of hydrogen-bond acceptors (Lipinski definition) is 18. The summed E-state index contributed by atoms with van der Waals surface area (Å²) in [5.74, 6) is -1.51. The van der Waals surface area contributed by atoms with Crippen LogP contribution in [-0.2, 0) is 70.3 Å². The fraction of sp³-hybridized carbons (Fsp3) is 0.549. The number of anilines is 1. The minimum atomic E-state index is -4.91. The van der Waals surface area contributed by atoms with Gasteiger partial charge in [0.05, 0.1) is 61.9 Å². The summed E-state index contributed by atoms with van der Waals surface area (Å²) in [4.78, 5) is 25.7. The molecule has 2 heterocycles. The summed E-state index contributed by atoms with van der Waals surface area (Å²) in [6, 6.07) is 7.84. The maximum atomic E-state index is 12.7. The molecule has 0 spiro atoms. The number of unbranched alkanes of at least 4 members (excludes halogenated alkanes) is 2. The van der Waals surface area contributed by atoms with Crippen molar-refractivity contribution >= 4 is 69.6 Å². The van der Waals surface area contributed by atoms with Gasteiger partial charge in [-0.05, 0) is 114 Å². The predicted octanol–water partition coefficient (Wildman–Crippen LogP) is -3.76. The Hall–Kier alpha value is -1.83. The molecule has 21 nitrogen and oxygen atoms in total. The zero-order valence-electron chi connectivity index (χ0n) is 46.1. The van der Waals surface area contributed by atoms with Gasteiger partial charge < -0.3 is 48.0 Å². The first-order valence-electron chi connectivity index (χ1n) is 25.3. The van der Waals surface area contributed by atoms with Crippen molar-refractivity contribution in [3.05, 3.63) is 95.8 Å². The predicted molar refractivity (Wildman–Crippen MR) is 279 cm³/mol. The van der Waals surface area contributed by atoms with E-state index >= 15 is 0 Å². The van der Waals surface area contributed by atoms with Gasteiger partial charge in [0.1, 0.15) is 32.9 Å². The standard InChI is InChI=1S/C51H72N4O17S4.3Na/c1-50(2)42-37-40(75(64,65)66)22-24-44(42)54(29-15-35-73(58,59)60)46(50)19-11-7-12-20-47-51(3,43-38-41(76(67,68)69)23-25-45(43)55(47)30-16-36-74(61,62)63)26-14-8-13-21-48(56)52-27-31-70-33-34-71-32-28-53-49(57)72-39-17-9-5-4-6-10-18-39;;;/h4-5,7,11-12,19-20,22-25,37-39H,6,8-10,13-18,21,26-36H2,1-3H3,(H5-,52,53,56,57,58,59,60,61,62,63,64,65,66,67,68,69);;;/q;3*+1/p-3/b5-4+;;;. The first-order valence-corrected chi connectivity index (χ1v) is 31.3. The zero-order chi connectivity index (χ0) is 55.8. The normalized spacial score (nSPS) is 19.2. The number of carbonyl (C=O) groups excluding carboxylic acids is 2.